The zero-order valence-corrected chi connectivity index (χ0v) is 13.0. The summed E-state index contributed by atoms with van der Waals surface area (Å²) in [7, 11) is 0. The zero-order chi connectivity index (χ0) is 15.1. The second kappa shape index (κ2) is 8.02. The molecule has 2 unspecified atom stereocenters. The Morgan fingerprint density at radius 3 is 2.57 bits per heavy atom. The second-order valence-corrected chi connectivity index (χ2v) is 5.37. The molecule has 1 aromatic carbocycles. The van der Waals surface area contributed by atoms with Crippen molar-refractivity contribution in [3.63, 3.8) is 0 Å². The summed E-state index contributed by atoms with van der Waals surface area (Å²) in [6.07, 6.45) is 2.48. The van der Waals surface area contributed by atoms with E-state index in [2.05, 4.69) is 42.3 Å². The molecule has 0 spiro atoms. The third-order valence-corrected chi connectivity index (χ3v) is 4.06. The van der Waals surface area contributed by atoms with Crippen LogP contribution >= 0.6 is 0 Å². The molecule has 0 bridgehead atoms. The molecule has 2 rings (SSSR count). The highest BCUT2D eigenvalue weighted by molar-refractivity contribution is 5.48. The molecule has 2 atom stereocenters. The molecule has 0 radical (unpaired) electrons. The van der Waals surface area contributed by atoms with Crippen LogP contribution in [0.2, 0.25) is 0 Å². The van der Waals surface area contributed by atoms with Crippen molar-refractivity contribution in [2.24, 2.45) is 0 Å². The molecule has 1 saturated heterocycles. The Hall–Kier alpha value is -1.57. The summed E-state index contributed by atoms with van der Waals surface area (Å²) in [6.45, 7) is 7.89. The van der Waals surface area contributed by atoms with Crippen LogP contribution in [0.3, 0.4) is 0 Å². The van der Waals surface area contributed by atoms with Crippen LogP contribution in [0.25, 0.3) is 0 Å². The van der Waals surface area contributed by atoms with Gasteiger partial charge in [-0.05, 0) is 44.4 Å². The topological polar surface area (TPSA) is 48.3 Å². The van der Waals surface area contributed by atoms with Gasteiger partial charge in [0.2, 0.25) is 0 Å². The van der Waals surface area contributed by atoms with E-state index in [4.69, 9.17) is 4.74 Å². The van der Waals surface area contributed by atoms with Crippen LogP contribution in [0.5, 0.6) is 0 Å². The van der Waals surface area contributed by atoms with E-state index in [0.717, 1.165) is 44.6 Å². The summed E-state index contributed by atoms with van der Waals surface area (Å²) < 4.78 is 5.58. The number of benzene rings is 1. The van der Waals surface area contributed by atoms with E-state index in [0.29, 0.717) is 0 Å². The minimum atomic E-state index is -0.264. The van der Waals surface area contributed by atoms with Crippen molar-refractivity contribution >= 4 is 5.69 Å². The van der Waals surface area contributed by atoms with Gasteiger partial charge in [0.25, 0.3) is 0 Å². The molecule has 0 aromatic heterocycles. The van der Waals surface area contributed by atoms with Gasteiger partial charge in [-0.1, -0.05) is 12.1 Å². The standard InChI is InChI=1S/C17H25N3O/c1-3-20(4-2)15-9-7-14(8-10-15)17(12-18)19-13-16-6-5-11-21-16/h7-10,16-17,19H,3-6,11,13H2,1-2H3. The molecule has 1 heterocycles. The number of nitriles is 1. The minimum Gasteiger partial charge on any atom is -0.377 e. The van der Waals surface area contributed by atoms with Gasteiger partial charge in [0, 0.05) is 31.9 Å². The molecule has 0 aliphatic carbocycles. The third kappa shape index (κ3) is 4.20. The largest absolute Gasteiger partial charge is 0.377 e. The van der Waals surface area contributed by atoms with Crippen molar-refractivity contribution in [1.82, 2.24) is 5.32 Å². The van der Waals surface area contributed by atoms with Crippen molar-refractivity contribution in [3.8, 4) is 6.07 Å². The minimum absolute atomic E-state index is 0.260. The first-order valence-corrected chi connectivity index (χ1v) is 7.88. The molecule has 4 heteroatoms. The van der Waals surface area contributed by atoms with E-state index >= 15 is 0 Å². The van der Waals surface area contributed by atoms with Crippen molar-refractivity contribution in [2.45, 2.75) is 38.8 Å². The number of rotatable bonds is 7. The lowest BCUT2D eigenvalue weighted by atomic mass is 10.1. The molecular weight excluding hydrogens is 262 g/mol. The molecule has 1 aliphatic heterocycles. The normalized spacial score (nSPS) is 19.2. The SMILES string of the molecule is CCN(CC)c1ccc(C(C#N)NCC2CCCO2)cc1. The molecule has 0 saturated carbocycles. The van der Waals surface area contributed by atoms with Crippen molar-refractivity contribution in [2.75, 3.05) is 31.1 Å². The van der Waals surface area contributed by atoms with Gasteiger partial charge in [0.15, 0.2) is 0 Å². The number of hydrogen-bond acceptors (Lipinski definition) is 4. The number of hydrogen-bond donors (Lipinski definition) is 1. The average molecular weight is 287 g/mol. The molecule has 0 amide bonds. The predicted octanol–water partition coefficient (Wildman–Crippen LogP) is 2.87. The maximum absolute atomic E-state index is 9.36. The second-order valence-electron chi connectivity index (χ2n) is 5.37. The van der Waals surface area contributed by atoms with Gasteiger partial charge in [-0.25, -0.2) is 0 Å². The molecule has 4 nitrogen and oxygen atoms in total. The van der Waals surface area contributed by atoms with Crippen molar-refractivity contribution in [3.05, 3.63) is 29.8 Å². The number of anilines is 1. The number of nitrogens with zero attached hydrogens (tertiary/aromatic N) is 2. The summed E-state index contributed by atoms with van der Waals surface area (Å²) in [6, 6.07) is 10.4. The highest BCUT2D eigenvalue weighted by Gasteiger charge is 2.18. The van der Waals surface area contributed by atoms with Gasteiger partial charge in [0.1, 0.15) is 6.04 Å². The predicted molar refractivity (Wildman–Crippen MR) is 85.3 cm³/mol. The van der Waals surface area contributed by atoms with E-state index in [9.17, 15) is 5.26 Å². The lowest BCUT2D eigenvalue weighted by Gasteiger charge is -2.22. The quantitative estimate of drug-likeness (QED) is 0.837. The lowest BCUT2D eigenvalue weighted by molar-refractivity contribution is 0.109. The maximum atomic E-state index is 9.36. The first-order chi connectivity index (χ1) is 10.3. The Labute approximate surface area is 127 Å². The fraction of sp³-hybridized carbons (Fsp3) is 0.588. The monoisotopic (exact) mass is 287 g/mol. The molecule has 114 valence electrons. The molecule has 1 aliphatic rings. The van der Waals surface area contributed by atoms with Crippen LogP contribution in [0.4, 0.5) is 5.69 Å². The van der Waals surface area contributed by atoms with E-state index in [1.54, 1.807) is 0 Å². The van der Waals surface area contributed by atoms with Gasteiger partial charge in [-0.3, -0.25) is 5.32 Å². The summed E-state index contributed by atoms with van der Waals surface area (Å²) in [4.78, 5) is 2.30. The summed E-state index contributed by atoms with van der Waals surface area (Å²) in [5.74, 6) is 0. The van der Waals surface area contributed by atoms with Crippen LogP contribution < -0.4 is 10.2 Å². The zero-order valence-electron chi connectivity index (χ0n) is 13.0. The van der Waals surface area contributed by atoms with Gasteiger partial charge in [0.05, 0.1) is 12.2 Å². The van der Waals surface area contributed by atoms with Crippen molar-refractivity contribution < 1.29 is 4.74 Å². The Kier molecular flexibility index (Phi) is 6.04. The smallest absolute Gasteiger partial charge is 0.121 e. The highest BCUT2D eigenvalue weighted by atomic mass is 16.5. The third-order valence-electron chi connectivity index (χ3n) is 4.06. The average Bonchev–Trinajstić information content (AvgIpc) is 3.04. The van der Waals surface area contributed by atoms with E-state index in [1.807, 2.05) is 12.1 Å². The Balaban J connectivity index is 1.96. The lowest BCUT2D eigenvalue weighted by Crippen LogP contribution is -2.29. The molecule has 1 N–H and O–H groups in total. The molecule has 21 heavy (non-hydrogen) atoms. The van der Waals surface area contributed by atoms with Gasteiger partial charge >= 0.3 is 0 Å². The molecular formula is C17H25N3O. The fourth-order valence-corrected chi connectivity index (χ4v) is 2.76. The van der Waals surface area contributed by atoms with Crippen molar-refractivity contribution in [1.29, 1.82) is 5.26 Å². The Bertz CT molecular complexity index is 456. The summed E-state index contributed by atoms with van der Waals surface area (Å²) in [5, 5.41) is 12.7. The Morgan fingerprint density at radius 1 is 1.33 bits per heavy atom. The number of ether oxygens (including phenoxy) is 1. The van der Waals surface area contributed by atoms with Crippen LogP contribution in [0.15, 0.2) is 24.3 Å². The van der Waals surface area contributed by atoms with Gasteiger partial charge in [-0.2, -0.15) is 5.26 Å². The first-order valence-electron chi connectivity index (χ1n) is 7.88. The van der Waals surface area contributed by atoms with E-state index in [-0.39, 0.29) is 12.1 Å². The first kappa shape index (κ1) is 15.8. The van der Waals surface area contributed by atoms with E-state index < -0.39 is 0 Å². The summed E-state index contributed by atoms with van der Waals surface area (Å²) >= 11 is 0. The van der Waals surface area contributed by atoms with Crippen LogP contribution in [-0.4, -0.2) is 32.3 Å². The van der Waals surface area contributed by atoms with Crippen LogP contribution in [0, 0.1) is 11.3 Å². The van der Waals surface area contributed by atoms with Crippen LogP contribution in [-0.2, 0) is 4.74 Å². The summed E-state index contributed by atoms with van der Waals surface area (Å²) in [5.41, 5.74) is 2.23. The van der Waals surface area contributed by atoms with E-state index in [1.165, 1.54) is 5.69 Å². The molecule has 1 fully saturated rings. The van der Waals surface area contributed by atoms with Gasteiger partial charge in [-0.15, -0.1) is 0 Å². The van der Waals surface area contributed by atoms with Gasteiger partial charge < -0.3 is 9.64 Å². The fourth-order valence-electron chi connectivity index (χ4n) is 2.76. The highest BCUT2D eigenvalue weighted by Crippen LogP contribution is 2.20. The maximum Gasteiger partial charge on any atom is 0.121 e. The number of nitrogens with one attached hydrogen (secondary N) is 1. The molecule has 1 aromatic rings. The Morgan fingerprint density at radius 2 is 2.05 bits per heavy atom. The van der Waals surface area contributed by atoms with Crippen LogP contribution in [0.1, 0.15) is 38.3 Å².